The van der Waals surface area contributed by atoms with Gasteiger partial charge in [0, 0.05) is 51.2 Å². The second kappa shape index (κ2) is 8.39. The zero-order chi connectivity index (χ0) is 16.8. The molecule has 1 N–H and O–H groups in total. The van der Waals surface area contributed by atoms with E-state index in [1.165, 1.54) is 0 Å². The Hall–Kier alpha value is -1.73. The van der Waals surface area contributed by atoms with Crippen LogP contribution in [0.5, 0.6) is 0 Å². The smallest absolute Gasteiger partial charge is 0.224 e. The number of anilines is 1. The summed E-state index contributed by atoms with van der Waals surface area (Å²) >= 11 is 0. The van der Waals surface area contributed by atoms with Gasteiger partial charge >= 0.3 is 0 Å². The van der Waals surface area contributed by atoms with Crippen LogP contribution >= 0.6 is 0 Å². The molecule has 0 aliphatic carbocycles. The number of carbonyl (C=O) groups excluding carboxylic acids is 1. The molecule has 3 rings (SSSR count). The summed E-state index contributed by atoms with van der Waals surface area (Å²) in [5, 5.41) is 3.14. The highest BCUT2D eigenvalue weighted by Gasteiger charge is 2.27. The van der Waals surface area contributed by atoms with Crippen LogP contribution in [-0.2, 0) is 9.53 Å². The molecule has 0 saturated carbocycles. The molecule has 2 saturated heterocycles. The highest BCUT2D eigenvalue weighted by Crippen LogP contribution is 2.21. The predicted octanol–water partition coefficient (Wildman–Crippen LogP) is 0.530. The lowest BCUT2D eigenvalue weighted by atomic mass is 9.97. The van der Waals surface area contributed by atoms with Gasteiger partial charge in [-0.3, -0.25) is 14.7 Å². The van der Waals surface area contributed by atoms with Crippen LogP contribution < -0.4 is 10.2 Å². The van der Waals surface area contributed by atoms with Gasteiger partial charge in [0.1, 0.15) is 5.82 Å². The first-order chi connectivity index (χ1) is 11.7. The number of nitrogens with one attached hydrogen (secondary N) is 1. The number of piperidine rings is 1. The second-order valence-corrected chi connectivity index (χ2v) is 6.59. The third-order valence-corrected chi connectivity index (χ3v) is 4.91. The molecule has 3 heterocycles. The van der Waals surface area contributed by atoms with Crippen molar-refractivity contribution in [2.24, 2.45) is 5.92 Å². The molecule has 0 radical (unpaired) electrons. The van der Waals surface area contributed by atoms with Crippen LogP contribution in [0.2, 0.25) is 0 Å². The lowest BCUT2D eigenvalue weighted by Crippen LogP contribution is -2.49. The number of hydrogen-bond donors (Lipinski definition) is 1. The minimum absolute atomic E-state index is 0.0256. The quantitative estimate of drug-likeness (QED) is 0.848. The van der Waals surface area contributed by atoms with Gasteiger partial charge in [0.25, 0.3) is 0 Å². The van der Waals surface area contributed by atoms with Crippen LogP contribution in [0.25, 0.3) is 0 Å². The minimum atomic E-state index is 0.0256. The van der Waals surface area contributed by atoms with E-state index in [0.29, 0.717) is 12.6 Å². The van der Waals surface area contributed by atoms with E-state index in [-0.39, 0.29) is 11.8 Å². The molecule has 24 heavy (non-hydrogen) atoms. The van der Waals surface area contributed by atoms with E-state index in [0.717, 1.165) is 58.1 Å². The minimum Gasteiger partial charge on any atom is -0.379 e. The van der Waals surface area contributed by atoms with Crippen LogP contribution in [0.1, 0.15) is 19.8 Å². The van der Waals surface area contributed by atoms with E-state index in [4.69, 9.17) is 4.74 Å². The Balaban J connectivity index is 1.47. The summed E-state index contributed by atoms with van der Waals surface area (Å²) < 4.78 is 5.38. The maximum absolute atomic E-state index is 12.5. The van der Waals surface area contributed by atoms with E-state index in [9.17, 15) is 4.79 Å². The van der Waals surface area contributed by atoms with Crippen molar-refractivity contribution in [3.05, 3.63) is 18.6 Å². The van der Waals surface area contributed by atoms with Crippen molar-refractivity contribution in [2.45, 2.75) is 25.8 Å². The van der Waals surface area contributed by atoms with E-state index < -0.39 is 0 Å². The molecule has 1 amide bonds. The number of morpholine rings is 1. The Morgan fingerprint density at radius 1 is 1.38 bits per heavy atom. The number of aromatic nitrogens is 2. The molecular formula is C17H27N5O2. The Bertz CT molecular complexity index is 521. The van der Waals surface area contributed by atoms with E-state index >= 15 is 0 Å². The lowest BCUT2D eigenvalue weighted by molar-refractivity contribution is -0.125. The number of amides is 1. The van der Waals surface area contributed by atoms with Crippen molar-refractivity contribution in [1.82, 2.24) is 20.2 Å². The van der Waals surface area contributed by atoms with Gasteiger partial charge in [0.15, 0.2) is 0 Å². The average Bonchev–Trinajstić information content (AvgIpc) is 2.67. The first-order valence-electron chi connectivity index (χ1n) is 8.84. The van der Waals surface area contributed by atoms with Crippen LogP contribution in [0, 0.1) is 5.92 Å². The normalized spacial score (nSPS) is 23.7. The van der Waals surface area contributed by atoms with Gasteiger partial charge in [-0.1, -0.05) is 0 Å². The first kappa shape index (κ1) is 17.1. The van der Waals surface area contributed by atoms with Gasteiger partial charge in [0.05, 0.1) is 25.3 Å². The van der Waals surface area contributed by atoms with Gasteiger partial charge in [-0.05, 0) is 19.8 Å². The third-order valence-electron chi connectivity index (χ3n) is 4.91. The molecule has 2 aliphatic rings. The molecule has 0 aromatic carbocycles. The lowest BCUT2D eigenvalue weighted by Gasteiger charge is -2.34. The number of hydrogen-bond acceptors (Lipinski definition) is 6. The van der Waals surface area contributed by atoms with Crippen molar-refractivity contribution in [1.29, 1.82) is 0 Å². The van der Waals surface area contributed by atoms with E-state index in [2.05, 4.69) is 32.0 Å². The van der Waals surface area contributed by atoms with Gasteiger partial charge in [-0.15, -0.1) is 0 Å². The van der Waals surface area contributed by atoms with Gasteiger partial charge in [0.2, 0.25) is 5.91 Å². The third kappa shape index (κ3) is 4.42. The maximum Gasteiger partial charge on any atom is 0.224 e. The Morgan fingerprint density at radius 3 is 2.96 bits per heavy atom. The fraction of sp³-hybridized carbons (Fsp3) is 0.706. The highest BCUT2D eigenvalue weighted by atomic mass is 16.5. The molecule has 7 nitrogen and oxygen atoms in total. The number of ether oxygens (including phenoxy) is 1. The maximum atomic E-state index is 12.5. The molecule has 0 bridgehead atoms. The monoisotopic (exact) mass is 333 g/mol. The molecule has 2 aliphatic heterocycles. The summed E-state index contributed by atoms with van der Waals surface area (Å²) in [5.41, 5.74) is 0. The molecule has 132 valence electrons. The van der Waals surface area contributed by atoms with Crippen LogP contribution in [0.3, 0.4) is 0 Å². The number of carbonyl (C=O) groups is 1. The average molecular weight is 333 g/mol. The van der Waals surface area contributed by atoms with Crippen LogP contribution in [0.15, 0.2) is 18.6 Å². The Kier molecular flexibility index (Phi) is 5.98. The summed E-state index contributed by atoms with van der Waals surface area (Å²) in [4.78, 5) is 25.5. The van der Waals surface area contributed by atoms with Gasteiger partial charge in [-0.25, -0.2) is 4.98 Å². The molecular weight excluding hydrogens is 306 g/mol. The Morgan fingerprint density at radius 2 is 2.21 bits per heavy atom. The molecule has 1 aromatic heterocycles. The molecule has 0 spiro atoms. The van der Waals surface area contributed by atoms with Crippen molar-refractivity contribution in [3.63, 3.8) is 0 Å². The fourth-order valence-corrected chi connectivity index (χ4v) is 3.39. The zero-order valence-electron chi connectivity index (χ0n) is 14.4. The summed E-state index contributed by atoms with van der Waals surface area (Å²) in [6, 6.07) is 0.345. The summed E-state index contributed by atoms with van der Waals surface area (Å²) in [7, 11) is 0. The van der Waals surface area contributed by atoms with Crippen molar-refractivity contribution >= 4 is 11.7 Å². The second-order valence-electron chi connectivity index (χ2n) is 6.59. The Labute approximate surface area is 143 Å². The largest absolute Gasteiger partial charge is 0.379 e. The van der Waals surface area contributed by atoms with E-state index in [1.807, 2.05) is 0 Å². The van der Waals surface area contributed by atoms with Gasteiger partial charge in [-0.2, -0.15) is 0 Å². The number of rotatable bonds is 5. The molecule has 1 aromatic rings. The fourth-order valence-electron chi connectivity index (χ4n) is 3.39. The van der Waals surface area contributed by atoms with Crippen molar-refractivity contribution in [2.75, 3.05) is 50.8 Å². The summed E-state index contributed by atoms with van der Waals surface area (Å²) in [6.07, 6.45) is 7.08. The topological polar surface area (TPSA) is 70.6 Å². The molecule has 2 atom stereocenters. The molecule has 2 fully saturated rings. The van der Waals surface area contributed by atoms with Crippen LogP contribution in [-0.4, -0.2) is 72.8 Å². The molecule has 7 heteroatoms. The highest BCUT2D eigenvalue weighted by molar-refractivity contribution is 5.79. The summed E-state index contributed by atoms with van der Waals surface area (Å²) in [5.74, 6) is 1.04. The van der Waals surface area contributed by atoms with Gasteiger partial charge < -0.3 is 15.0 Å². The zero-order valence-corrected chi connectivity index (χ0v) is 14.4. The van der Waals surface area contributed by atoms with E-state index in [1.54, 1.807) is 18.6 Å². The van der Waals surface area contributed by atoms with Crippen molar-refractivity contribution < 1.29 is 9.53 Å². The molecule has 0 unspecified atom stereocenters. The SMILES string of the molecule is C[C@H](CNC(=O)[C@H]1CCCN(c2cnccn2)C1)N1CCOCC1. The standard InChI is InChI=1S/C17H27N5O2/c1-14(21-7-9-24-10-8-21)11-20-17(23)15-3-2-6-22(13-15)16-12-18-4-5-19-16/h4-5,12,14-15H,2-3,6-11,13H2,1H3,(H,20,23)/t14-,15+/m1/s1. The first-order valence-corrected chi connectivity index (χ1v) is 8.84. The number of nitrogens with zero attached hydrogens (tertiary/aromatic N) is 4. The van der Waals surface area contributed by atoms with Crippen LogP contribution in [0.4, 0.5) is 5.82 Å². The predicted molar refractivity (Wildman–Crippen MR) is 91.8 cm³/mol. The van der Waals surface area contributed by atoms with Crippen molar-refractivity contribution in [3.8, 4) is 0 Å². The summed E-state index contributed by atoms with van der Waals surface area (Å²) in [6.45, 7) is 7.98.